The second kappa shape index (κ2) is 14.0. The monoisotopic (exact) mass is 740 g/mol. The number of rotatable bonds is 7. The van der Waals surface area contributed by atoms with Crippen molar-refractivity contribution in [1.82, 2.24) is 18.9 Å². The first-order valence-electron chi connectivity index (χ1n) is 19.7. The summed E-state index contributed by atoms with van der Waals surface area (Å²) in [6, 6.07) is 75.5. The second-order valence-electron chi connectivity index (χ2n) is 14.7. The lowest BCUT2D eigenvalue weighted by molar-refractivity contribution is 1.10. The number of pyridine rings is 1. The van der Waals surface area contributed by atoms with Gasteiger partial charge in [0.1, 0.15) is 11.5 Å². The van der Waals surface area contributed by atoms with Crippen LogP contribution in [-0.2, 0) is 0 Å². The summed E-state index contributed by atoms with van der Waals surface area (Å²) >= 11 is 0. The first kappa shape index (κ1) is 33.5. The third-order valence-corrected chi connectivity index (χ3v) is 11.1. The molecule has 0 unspecified atom stereocenters. The summed E-state index contributed by atoms with van der Waals surface area (Å²) in [5.41, 5.74) is 16.2. The van der Waals surface area contributed by atoms with Crippen molar-refractivity contribution < 1.29 is 0 Å². The van der Waals surface area contributed by atoms with Gasteiger partial charge in [-0.25, -0.2) is 9.97 Å². The Kier molecular flexibility index (Phi) is 8.11. The molecule has 11 aromatic rings. The van der Waals surface area contributed by atoms with Crippen LogP contribution < -0.4 is 0 Å². The molecular weight excluding hydrogens is 705 g/mol. The third-order valence-electron chi connectivity index (χ3n) is 11.1. The zero-order valence-electron chi connectivity index (χ0n) is 31.6. The molecule has 0 aliphatic carbocycles. The van der Waals surface area contributed by atoms with Gasteiger partial charge in [-0.1, -0.05) is 146 Å². The van der Waals surface area contributed by atoms with Crippen molar-refractivity contribution in [2.24, 2.45) is 0 Å². The van der Waals surface area contributed by atoms with Crippen LogP contribution in [0.15, 0.2) is 219 Å². The minimum Gasteiger partial charge on any atom is -0.299 e. The van der Waals surface area contributed by atoms with Crippen molar-refractivity contribution in [3.8, 4) is 73.0 Å². The van der Waals surface area contributed by atoms with Gasteiger partial charge in [-0.2, -0.15) is 0 Å². The Hall–Kier alpha value is -7.82. The predicted molar refractivity (Wildman–Crippen MR) is 240 cm³/mol. The van der Waals surface area contributed by atoms with E-state index in [1.165, 1.54) is 16.3 Å². The lowest BCUT2D eigenvalue weighted by atomic mass is 9.90. The van der Waals surface area contributed by atoms with Crippen LogP contribution in [0.2, 0.25) is 0 Å². The van der Waals surface area contributed by atoms with Crippen molar-refractivity contribution in [2.45, 2.75) is 0 Å². The second-order valence-corrected chi connectivity index (χ2v) is 14.7. The third kappa shape index (κ3) is 5.87. The highest BCUT2D eigenvalue weighted by Gasteiger charge is 2.18. The number of nitrogens with zero attached hydrogens (tertiary/aromatic N) is 4. The number of fused-ring (bicyclic) bond motifs is 3. The molecule has 11 rings (SSSR count). The first-order chi connectivity index (χ1) is 28.7. The van der Waals surface area contributed by atoms with Crippen molar-refractivity contribution in [3.63, 3.8) is 0 Å². The van der Waals surface area contributed by atoms with Crippen LogP contribution in [0.1, 0.15) is 0 Å². The number of hydrogen-bond donors (Lipinski definition) is 0. The summed E-state index contributed by atoms with van der Waals surface area (Å²) in [5.74, 6) is 0.911. The lowest BCUT2D eigenvalue weighted by Gasteiger charge is -2.15. The van der Waals surface area contributed by atoms with E-state index < -0.39 is 0 Å². The Labute approximate surface area is 336 Å². The fraction of sp³-hybridized carbons (Fsp3) is 0. The Morgan fingerprint density at radius 1 is 0.379 bits per heavy atom. The first-order valence-corrected chi connectivity index (χ1v) is 19.7. The zero-order valence-corrected chi connectivity index (χ0v) is 31.6. The van der Waals surface area contributed by atoms with Gasteiger partial charge in [-0.15, -0.1) is 0 Å². The molecule has 4 nitrogen and oxygen atoms in total. The van der Waals surface area contributed by atoms with Gasteiger partial charge in [0, 0.05) is 28.6 Å². The molecule has 0 aliphatic rings. The van der Waals surface area contributed by atoms with Crippen LogP contribution in [0, 0.1) is 0 Å². The van der Waals surface area contributed by atoms with Gasteiger partial charge in [-0.3, -0.25) is 8.97 Å². The maximum Gasteiger partial charge on any atom is 0.145 e. The molecule has 0 fully saturated rings. The van der Waals surface area contributed by atoms with Gasteiger partial charge in [0.2, 0.25) is 0 Å². The van der Waals surface area contributed by atoms with E-state index in [0.29, 0.717) is 0 Å². The van der Waals surface area contributed by atoms with Gasteiger partial charge in [-0.05, 0) is 111 Å². The number of aromatic nitrogens is 4. The summed E-state index contributed by atoms with van der Waals surface area (Å²) in [5, 5.41) is 2.44. The molecule has 4 heteroatoms. The maximum absolute atomic E-state index is 5.20. The minimum atomic E-state index is 0.911. The van der Waals surface area contributed by atoms with Crippen LogP contribution in [0.5, 0.6) is 0 Å². The zero-order chi connectivity index (χ0) is 38.4. The van der Waals surface area contributed by atoms with E-state index in [0.717, 1.165) is 84.1 Å². The van der Waals surface area contributed by atoms with Crippen LogP contribution in [0.4, 0.5) is 0 Å². The number of para-hydroxylation sites is 3. The van der Waals surface area contributed by atoms with Gasteiger partial charge in [0.15, 0.2) is 0 Å². The normalized spacial score (nSPS) is 11.4. The Bertz CT molecular complexity index is 3100. The summed E-state index contributed by atoms with van der Waals surface area (Å²) in [6.45, 7) is 0. The number of imidazole rings is 2. The van der Waals surface area contributed by atoms with Gasteiger partial charge < -0.3 is 0 Å². The summed E-state index contributed by atoms with van der Waals surface area (Å²) in [4.78, 5) is 10.4. The topological polar surface area (TPSA) is 35.1 Å². The molecule has 0 amide bonds. The average molecular weight is 741 g/mol. The smallest absolute Gasteiger partial charge is 0.145 e. The molecule has 3 heterocycles. The lowest BCUT2D eigenvalue weighted by Crippen LogP contribution is -1.97. The molecule has 58 heavy (non-hydrogen) atoms. The molecule has 0 spiro atoms. The van der Waals surface area contributed by atoms with Gasteiger partial charge in [0.05, 0.1) is 22.4 Å². The summed E-state index contributed by atoms with van der Waals surface area (Å²) in [6.07, 6.45) is 2.10. The highest BCUT2D eigenvalue weighted by molar-refractivity contribution is 5.98. The van der Waals surface area contributed by atoms with Crippen LogP contribution in [0.25, 0.3) is 100 Å². The van der Waals surface area contributed by atoms with Crippen LogP contribution >= 0.6 is 0 Å². The average Bonchev–Trinajstić information content (AvgIpc) is 3.89. The fourth-order valence-corrected chi connectivity index (χ4v) is 8.40. The molecule has 0 N–H and O–H groups in total. The predicted octanol–water partition coefficient (Wildman–Crippen LogP) is 13.8. The molecule has 272 valence electrons. The number of hydrogen-bond acceptors (Lipinski definition) is 2. The van der Waals surface area contributed by atoms with Crippen molar-refractivity contribution in [1.29, 1.82) is 0 Å². The number of benzene rings is 8. The maximum atomic E-state index is 5.20. The van der Waals surface area contributed by atoms with Crippen molar-refractivity contribution in [3.05, 3.63) is 219 Å². The molecule has 0 saturated carbocycles. The molecule has 0 bridgehead atoms. The van der Waals surface area contributed by atoms with Crippen LogP contribution in [0.3, 0.4) is 0 Å². The van der Waals surface area contributed by atoms with E-state index in [1.807, 2.05) is 6.07 Å². The SMILES string of the molecule is c1ccc(-c2c(-c3cccc(-c4cc(-c5cccc(-c6nc7ccccc7n6-c6ccccc6)c5)cc(-c5cccc6ccccc56)c4)c3)nc3ccccn23)cc1. The van der Waals surface area contributed by atoms with Crippen LogP contribution in [-0.4, -0.2) is 18.9 Å². The van der Waals surface area contributed by atoms with E-state index in [4.69, 9.17) is 9.97 Å². The van der Waals surface area contributed by atoms with E-state index >= 15 is 0 Å². The quantitative estimate of drug-likeness (QED) is 0.163. The van der Waals surface area contributed by atoms with Gasteiger partial charge >= 0.3 is 0 Å². The largest absolute Gasteiger partial charge is 0.299 e. The summed E-state index contributed by atoms with van der Waals surface area (Å²) in [7, 11) is 0. The van der Waals surface area contributed by atoms with Gasteiger partial charge in [0.25, 0.3) is 0 Å². The minimum absolute atomic E-state index is 0.911. The Balaban J connectivity index is 1.10. The standard InChI is InChI=1S/C54H36N4/c1-3-17-38(18-4-1)53-52(56-51-30-11-12-31-57(51)53)41-22-13-20-39(32-41)43-34-44(36-45(35-43)48-27-15-19-37-16-7-8-26-47(37)48)40-21-14-23-42(33-40)54-55-49-28-9-10-29-50(49)58(54)46-24-5-2-6-25-46/h1-36H. The Morgan fingerprint density at radius 3 is 1.79 bits per heavy atom. The highest BCUT2D eigenvalue weighted by atomic mass is 15.1. The summed E-state index contributed by atoms with van der Waals surface area (Å²) < 4.78 is 4.45. The molecule has 0 atom stereocenters. The fourth-order valence-electron chi connectivity index (χ4n) is 8.40. The Morgan fingerprint density at radius 2 is 0.966 bits per heavy atom. The van der Waals surface area contributed by atoms with E-state index in [9.17, 15) is 0 Å². The highest BCUT2D eigenvalue weighted by Crippen LogP contribution is 2.40. The molecule has 0 saturated heterocycles. The van der Waals surface area contributed by atoms with E-state index in [2.05, 4.69) is 221 Å². The molecule has 0 radical (unpaired) electrons. The molecule has 8 aromatic carbocycles. The van der Waals surface area contributed by atoms with Crippen molar-refractivity contribution in [2.75, 3.05) is 0 Å². The van der Waals surface area contributed by atoms with Crippen molar-refractivity contribution >= 4 is 27.5 Å². The van der Waals surface area contributed by atoms with E-state index in [-0.39, 0.29) is 0 Å². The van der Waals surface area contributed by atoms with E-state index in [1.54, 1.807) is 0 Å². The molecule has 0 aliphatic heterocycles. The molecular formula is C54H36N4. The molecule has 3 aromatic heterocycles.